The van der Waals surface area contributed by atoms with Crippen LogP contribution < -0.4 is 0 Å². The van der Waals surface area contributed by atoms with Crippen LogP contribution in [0.25, 0.3) is 33.8 Å². The largest absolute Gasteiger partial charge is 0.354 e. The molecule has 438 valence electrons. The molecule has 0 N–H and O–H groups in total. The van der Waals surface area contributed by atoms with E-state index in [1.54, 1.807) is 47.3 Å². The Bertz CT molecular complexity index is 4240. The predicted molar refractivity (Wildman–Crippen MR) is 318 cm³/mol. The summed E-state index contributed by atoms with van der Waals surface area (Å²) in [6.07, 6.45) is 26.3. The van der Waals surface area contributed by atoms with E-state index < -0.39 is 0 Å². The van der Waals surface area contributed by atoms with Crippen molar-refractivity contribution < 1.29 is 14.4 Å². The Labute approximate surface area is 495 Å². The van der Waals surface area contributed by atoms with E-state index in [0.29, 0.717) is 65.1 Å². The molecule has 6 aliphatic rings. The second-order valence-electron chi connectivity index (χ2n) is 22.7. The monoisotopic (exact) mass is 1150 g/mol. The SMILES string of the molecule is CN1Cc2nn(C)cc2-c2cnc3c(n2)C(=NC3)c2ccn(c2)CCCC1=O.CN1Cc2nn(C)cc2-c2cnc3c(n2)C(=NC3)c2ccn(c2)CCCCC1=O.Cc1nn2cc1C1=NCc3ncc(nc31)-c1cn(C)nc1CN(C)C(=O)CCC2. The molecule has 0 saturated heterocycles. The van der Waals surface area contributed by atoms with Gasteiger partial charge in [-0.3, -0.25) is 63.0 Å². The summed E-state index contributed by atoms with van der Waals surface area (Å²) in [4.78, 5) is 85.6. The molecule has 6 aliphatic heterocycles. The molecule has 0 unspecified atom stereocenters. The molecule has 9 aromatic heterocycles. The fourth-order valence-corrected chi connectivity index (χ4v) is 11.7. The molecule has 0 spiro atoms. The lowest BCUT2D eigenvalue weighted by Crippen LogP contribution is -2.26. The highest BCUT2D eigenvalue weighted by Crippen LogP contribution is 2.31. The van der Waals surface area contributed by atoms with Crippen LogP contribution in [0.2, 0.25) is 0 Å². The van der Waals surface area contributed by atoms with Crippen LogP contribution in [-0.4, -0.2) is 149 Å². The Morgan fingerprint density at radius 1 is 0.407 bits per heavy atom. The maximum atomic E-state index is 12.6. The van der Waals surface area contributed by atoms with Gasteiger partial charge in [0.25, 0.3) is 0 Å². The summed E-state index contributed by atoms with van der Waals surface area (Å²) in [5, 5.41) is 18.3. The molecule has 0 radical (unpaired) electrons. The average Bonchev–Trinajstić information content (AvgIpc) is 4.59. The summed E-state index contributed by atoms with van der Waals surface area (Å²) in [6.45, 7) is 7.30. The van der Waals surface area contributed by atoms with E-state index >= 15 is 0 Å². The van der Waals surface area contributed by atoms with Crippen molar-refractivity contribution >= 4 is 34.9 Å². The van der Waals surface area contributed by atoms with Crippen molar-refractivity contribution in [1.29, 1.82) is 0 Å². The quantitative estimate of drug-likeness (QED) is 0.184. The molecule has 9 aromatic rings. The minimum Gasteiger partial charge on any atom is -0.354 e. The summed E-state index contributed by atoms with van der Waals surface area (Å²) in [7, 11) is 11.1. The number of fused-ring (bicyclic) bond motifs is 18. The van der Waals surface area contributed by atoms with Crippen molar-refractivity contribution in [2.45, 2.75) is 111 Å². The molecular weight excluding hydrogens is 1090 g/mol. The van der Waals surface area contributed by atoms with E-state index in [0.717, 1.165) is 163 Å². The van der Waals surface area contributed by atoms with Crippen molar-refractivity contribution in [3.8, 4) is 33.8 Å². The van der Waals surface area contributed by atoms with Crippen molar-refractivity contribution in [1.82, 2.24) is 92.9 Å². The average molecular weight is 1160 g/mol. The highest BCUT2D eigenvalue weighted by molar-refractivity contribution is 6.15. The first kappa shape index (κ1) is 55.3. The molecule has 25 heteroatoms. The van der Waals surface area contributed by atoms with Crippen LogP contribution in [0.5, 0.6) is 0 Å². The third-order valence-corrected chi connectivity index (χ3v) is 16.3. The van der Waals surface area contributed by atoms with Gasteiger partial charge in [-0.1, -0.05) is 0 Å². The first-order chi connectivity index (χ1) is 41.7. The van der Waals surface area contributed by atoms with Crippen LogP contribution in [0.4, 0.5) is 0 Å². The second-order valence-corrected chi connectivity index (χ2v) is 22.7. The van der Waals surface area contributed by atoms with E-state index in [4.69, 9.17) is 24.9 Å². The molecule has 0 aliphatic carbocycles. The van der Waals surface area contributed by atoms with Crippen molar-refractivity contribution in [2.24, 2.45) is 36.1 Å². The fourth-order valence-electron chi connectivity index (χ4n) is 11.7. The molecule has 0 atom stereocenters. The lowest BCUT2D eigenvalue weighted by atomic mass is 10.1. The fraction of sp³-hybridized carbons (Fsp3) is 0.377. The zero-order valence-electron chi connectivity index (χ0n) is 49.4. The zero-order valence-corrected chi connectivity index (χ0v) is 49.4. The molecule has 0 saturated carbocycles. The Balaban J connectivity index is 0.000000120. The van der Waals surface area contributed by atoms with Crippen LogP contribution in [0.15, 0.2) is 95.3 Å². The van der Waals surface area contributed by atoms with E-state index in [1.807, 2.05) is 84.9 Å². The Morgan fingerprint density at radius 2 is 0.802 bits per heavy atom. The number of aromatic nitrogens is 16. The van der Waals surface area contributed by atoms with Crippen molar-refractivity contribution in [3.05, 3.63) is 154 Å². The maximum Gasteiger partial charge on any atom is 0.222 e. The van der Waals surface area contributed by atoms with Crippen LogP contribution in [-0.2, 0) is 94.4 Å². The summed E-state index contributed by atoms with van der Waals surface area (Å²) in [6, 6.07) is 4.13. The number of carbonyl (C=O) groups is 3. The van der Waals surface area contributed by atoms with Crippen molar-refractivity contribution in [2.75, 3.05) is 21.1 Å². The number of nitrogens with zero attached hydrogens (tertiary/aromatic N) is 22. The normalized spacial score (nSPS) is 16.5. The van der Waals surface area contributed by atoms with Gasteiger partial charge in [-0.25, -0.2) is 15.0 Å². The smallest absolute Gasteiger partial charge is 0.222 e. The zero-order chi connectivity index (χ0) is 59.3. The standard InChI is InChI=1S/C21H23N7O.C20H22N8O.C20H21N7O/c1-26-13-18-15(12-27(2)25-18)16-9-22-17-10-23-20(21(17)24-16)14-6-8-28(11-14)7-4-3-5-19(26)29;1-12-13-10-28(24-12)6-4-5-18(29)26(2)11-17-14(9-27(3)25-17)15-7-21-16-8-22-19(13)20(16)23-15;1-25-12-17-14(11-26(2)24-17)15-8-21-16-9-22-19(20(16)23-15)13-5-7-27(10-13)6-3-4-18(25)28/h6,8-9,11-12H,3-5,7,10,13H2,1-2H3;7,9-10H,4-6,8,11H2,1-3H3;5,7-8,10-11H,3-4,6,9,12H2,1-2H3. The van der Waals surface area contributed by atoms with Gasteiger partial charge in [0.05, 0.1) is 132 Å². The van der Waals surface area contributed by atoms with Gasteiger partial charge in [-0.2, -0.15) is 20.4 Å². The molecule has 0 fully saturated rings. The van der Waals surface area contributed by atoms with Gasteiger partial charge in [0.15, 0.2) is 0 Å². The number of carbonyl (C=O) groups excluding carboxylic acids is 3. The van der Waals surface area contributed by atoms with Gasteiger partial charge >= 0.3 is 0 Å². The Morgan fingerprint density at radius 3 is 1.26 bits per heavy atom. The van der Waals surface area contributed by atoms with E-state index in [-0.39, 0.29) is 17.7 Å². The van der Waals surface area contributed by atoms with Crippen LogP contribution in [0.3, 0.4) is 0 Å². The van der Waals surface area contributed by atoms with Gasteiger partial charge in [0, 0.05) is 164 Å². The molecule has 3 amide bonds. The molecular formula is C61H66N22O3. The van der Waals surface area contributed by atoms with E-state index in [9.17, 15) is 14.4 Å². The highest BCUT2D eigenvalue weighted by Gasteiger charge is 2.29. The van der Waals surface area contributed by atoms with E-state index in [2.05, 4.69) is 80.2 Å². The highest BCUT2D eigenvalue weighted by atomic mass is 16.2. The number of hydrogen-bond donors (Lipinski definition) is 0. The summed E-state index contributed by atoms with van der Waals surface area (Å²) in [5.41, 5.74) is 19.1. The third-order valence-electron chi connectivity index (χ3n) is 16.3. The third kappa shape index (κ3) is 11.1. The Kier molecular flexibility index (Phi) is 14.7. The molecule has 0 aromatic carbocycles. The topological polar surface area (TPSA) is 256 Å². The molecule has 12 bridgehead atoms. The van der Waals surface area contributed by atoms with Crippen LogP contribution in [0, 0.1) is 6.92 Å². The Hall–Kier alpha value is -9.94. The summed E-state index contributed by atoms with van der Waals surface area (Å²) >= 11 is 0. The summed E-state index contributed by atoms with van der Waals surface area (Å²) in [5.74, 6) is 0.340. The molecule has 15 rings (SSSR count). The van der Waals surface area contributed by atoms with Gasteiger partial charge in [-0.05, 0) is 44.7 Å². The minimum absolute atomic E-state index is 0.0889. The second kappa shape index (κ2) is 22.9. The van der Waals surface area contributed by atoms with Gasteiger partial charge in [-0.15, -0.1) is 0 Å². The summed E-state index contributed by atoms with van der Waals surface area (Å²) < 4.78 is 11.4. The van der Waals surface area contributed by atoms with Crippen molar-refractivity contribution in [3.63, 3.8) is 0 Å². The first-order valence-corrected chi connectivity index (χ1v) is 29.1. The minimum atomic E-state index is 0.0889. The number of hydrogen-bond acceptors (Lipinski definition) is 16. The van der Waals surface area contributed by atoms with E-state index in [1.165, 1.54) is 0 Å². The van der Waals surface area contributed by atoms with Gasteiger partial charge in [0.2, 0.25) is 17.7 Å². The van der Waals surface area contributed by atoms with Crippen LogP contribution in [0.1, 0.15) is 119 Å². The van der Waals surface area contributed by atoms with Gasteiger partial charge < -0.3 is 23.8 Å². The maximum absolute atomic E-state index is 12.6. The predicted octanol–water partition coefficient (Wildman–Crippen LogP) is 5.44. The lowest BCUT2D eigenvalue weighted by Gasteiger charge is -2.17. The molecule has 15 heterocycles. The van der Waals surface area contributed by atoms with Gasteiger partial charge in [0.1, 0.15) is 17.1 Å². The number of aryl methyl sites for hydroxylation is 7. The van der Waals surface area contributed by atoms with Crippen LogP contribution >= 0.6 is 0 Å². The molecule has 86 heavy (non-hydrogen) atoms. The number of rotatable bonds is 0. The number of amides is 3. The lowest BCUT2D eigenvalue weighted by molar-refractivity contribution is -0.131. The number of aliphatic imine (C=N–C) groups is 3. The first-order valence-electron chi connectivity index (χ1n) is 29.1. The molecule has 25 nitrogen and oxygen atoms in total.